The van der Waals surface area contributed by atoms with Crippen molar-refractivity contribution < 1.29 is 4.74 Å². The number of nitrogens with zero attached hydrogens (tertiary/aromatic N) is 3. The molecule has 2 N–H and O–H groups in total. The molecule has 3 rings (SSSR count). The van der Waals surface area contributed by atoms with E-state index < -0.39 is 0 Å². The molecule has 5 nitrogen and oxygen atoms in total. The average molecular weight is 246 g/mol. The van der Waals surface area contributed by atoms with Crippen LogP contribution in [0.15, 0.2) is 36.5 Å². The normalized spacial score (nSPS) is 10.8. The highest BCUT2D eigenvalue weighted by molar-refractivity contribution is 7.16. The topological polar surface area (TPSA) is 65.4 Å². The zero-order valence-corrected chi connectivity index (χ0v) is 9.72. The predicted octanol–water partition coefficient (Wildman–Crippen LogP) is 1.95. The summed E-state index contributed by atoms with van der Waals surface area (Å²) in [6, 6.07) is 9.65. The fourth-order valence-electron chi connectivity index (χ4n) is 1.48. The van der Waals surface area contributed by atoms with Gasteiger partial charge in [-0.25, -0.2) is 9.50 Å². The maximum absolute atomic E-state index is 5.60. The number of fused-ring (bicyclic) bond motifs is 1. The van der Waals surface area contributed by atoms with Gasteiger partial charge in [-0.05, 0) is 12.1 Å². The van der Waals surface area contributed by atoms with Crippen LogP contribution in [0.3, 0.4) is 0 Å². The zero-order valence-electron chi connectivity index (χ0n) is 8.91. The first-order valence-electron chi connectivity index (χ1n) is 5.10. The summed E-state index contributed by atoms with van der Waals surface area (Å²) in [5.74, 6) is 1.32. The molecule has 0 aliphatic heterocycles. The number of nitrogen functional groups attached to an aromatic ring is 1. The monoisotopic (exact) mass is 246 g/mol. The molecular weight excluding hydrogens is 236 g/mol. The Morgan fingerprint density at radius 1 is 1.29 bits per heavy atom. The van der Waals surface area contributed by atoms with Gasteiger partial charge >= 0.3 is 0 Å². The molecule has 0 aliphatic rings. The molecule has 2 heterocycles. The Balaban J connectivity index is 1.75. The average Bonchev–Trinajstić information content (AvgIpc) is 2.84. The van der Waals surface area contributed by atoms with Crippen molar-refractivity contribution in [3.05, 3.63) is 41.5 Å². The summed E-state index contributed by atoms with van der Waals surface area (Å²) in [5, 5.41) is 5.19. The van der Waals surface area contributed by atoms with E-state index in [0.717, 1.165) is 15.7 Å². The lowest BCUT2D eigenvalue weighted by molar-refractivity contribution is 0.304. The lowest BCUT2D eigenvalue weighted by atomic mass is 10.3. The van der Waals surface area contributed by atoms with Gasteiger partial charge in [-0.1, -0.05) is 29.5 Å². The van der Waals surface area contributed by atoms with Crippen LogP contribution in [-0.2, 0) is 6.61 Å². The lowest BCUT2D eigenvalue weighted by Gasteiger charge is -2.01. The summed E-state index contributed by atoms with van der Waals surface area (Å²) in [6.07, 6.45) is 1.69. The molecule has 0 amide bonds. The number of imidazole rings is 1. The summed E-state index contributed by atoms with van der Waals surface area (Å²) in [4.78, 5) is 4.92. The van der Waals surface area contributed by atoms with E-state index in [-0.39, 0.29) is 0 Å². The van der Waals surface area contributed by atoms with Gasteiger partial charge in [0.05, 0.1) is 6.20 Å². The third-order valence-electron chi connectivity index (χ3n) is 2.21. The summed E-state index contributed by atoms with van der Waals surface area (Å²) in [7, 11) is 0. The van der Waals surface area contributed by atoms with Gasteiger partial charge in [0.15, 0.2) is 5.01 Å². The van der Waals surface area contributed by atoms with Crippen LogP contribution in [0.2, 0.25) is 0 Å². The lowest BCUT2D eigenvalue weighted by Crippen LogP contribution is -1.95. The van der Waals surface area contributed by atoms with Gasteiger partial charge in [0.1, 0.15) is 18.2 Å². The summed E-state index contributed by atoms with van der Waals surface area (Å²) < 4.78 is 7.27. The van der Waals surface area contributed by atoms with Crippen molar-refractivity contribution in [3.8, 4) is 5.75 Å². The molecule has 6 heteroatoms. The van der Waals surface area contributed by atoms with Crippen LogP contribution in [0, 0.1) is 0 Å². The predicted molar refractivity (Wildman–Crippen MR) is 66.1 cm³/mol. The molecule has 86 valence electrons. The molecule has 3 aromatic rings. The van der Waals surface area contributed by atoms with Crippen LogP contribution in [0.25, 0.3) is 4.96 Å². The molecule has 0 atom stereocenters. The van der Waals surface area contributed by atoms with Crippen LogP contribution in [-0.4, -0.2) is 14.6 Å². The number of para-hydroxylation sites is 1. The molecule has 0 unspecified atom stereocenters. The Kier molecular flexibility index (Phi) is 2.41. The van der Waals surface area contributed by atoms with Crippen LogP contribution in [0.4, 0.5) is 5.82 Å². The van der Waals surface area contributed by atoms with Gasteiger partial charge in [-0.15, -0.1) is 0 Å². The number of anilines is 1. The Labute approximate surface area is 101 Å². The quantitative estimate of drug-likeness (QED) is 0.767. The van der Waals surface area contributed by atoms with Gasteiger partial charge in [0, 0.05) is 0 Å². The number of rotatable bonds is 3. The SMILES string of the molecule is Nc1cn2nc(COc3ccccc3)sc2n1. The van der Waals surface area contributed by atoms with Crippen LogP contribution in [0.1, 0.15) is 5.01 Å². The first kappa shape index (κ1) is 10.1. The van der Waals surface area contributed by atoms with Crippen molar-refractivity contribution in [1.82, 2.24) is 14.6 Å². The van der Waals surface area contributed by atoms with Crippen molar-refractivity contribution in [3.63, 3.8) is 0 Å². The Bertz CT molecular complexity index is 600. The van der Waals surface area contributed by atoms with Gasteiger partial charge in [-0.3, -0.25) is 0 Å². The third kappa shape index (κ3) is 2.07. The second-order valence-corrected chi connectivity index (χ2v) is 4.53. The Morgan fingerprint density at radius 2 is 2.12 bits per heavy atom. The molecule has 17 heavy (non-hydrogen) atoms. The van der Waals surface area contributed by atoms with Gasteiger partial charge in [-0.2, -0.15) is 5.10 Å². The van der Waals surface area contributed by atoms with Crippen molar-refractivity contribution in [2.24, 2.45) is 0 Å². The highest BCUT2D eigenvalue weighted by atomic mass is 32.1. The Morgan fingerprint density at radius 3 is 2.88 bits per heavy atom. The molecule has 0 bridgehead atoms. The second kappa shape index (κ2) is 4.06. The van der Waals surface area contributed by atoms with E-state index in [1.807, 2.05) is 30.3 Å². The van der Waals surface area contributed by atoms with Gasteiger partial charge in [0.2, 0.25) is 4.96 Å². The molecule has 2 aromatic heterocycles. The fourth-order valence-corrected chi connectivity index (χ4v) is 2.27. The van der Waals surface area contributed by atoms with Crippen molar-refractivity contribution in [2.75, 3.05) is 5.73 Å². The van der Waals surface area contributed by atoms with Crippen LogP contribution >= 0.6 is 11.3 Å². The number of ether oxygens (including phenoxy) is 1. The maximum Gasteiger partial charge on any atom is 0.214 e. The van der Waals surface area contributed by atoms with E-state index in [1.54, 1.807) is 10.7 Å². The molecule has 1 aromatic carbocycles. The van der Waals surface area contributed by atoms with Crippen molar-refractivity contribution >= 4 is 22.1 Å². The van der Waals surface area contributed by atoms with Crippen molar-refractivity contribution in [1.29, 1.82) is 0 Å². The number of hydrogen-bond acceptors (Lipinski definition) is 5. The van der Waals surface area contributed by atoms with Gasteiger partial charge < -0.3 is 10.5 Å². The zero-order chi connectivity index (χ0) is 11.7. The van der Waals surface area contributed by atoms with E-state index >= 15 is 0 Å². The van der Waals surface area contributed by atoms with E-state index in [4.69, 9.17) is 10.5 Å². The van der Waals surface area contributed by atoms with E-state index in [1.165, 1.54) is 11.3 Å². The number of aromatic nitrogens is 3. The third-order valence-corrected chi connectivity index (χ3v) is 3.11. The molecule has 0 spiro atoms. The largest absolute Gasteiger partial charge is 0.486 e. The summed E-state index contributed by atoms with van der Waals surface area (Å²) >= 11 is 1.47. The van der Waals surface area contributed by atoms with E-state index in [0.29, 0.717) is 12.4 Å². The van der Waals surface area contributed by atoms with Gasteiger partial charge in [0.25, 0.3) is 0 Å². The van der Waals surface area contributed by atoms with Crippen molar-refractivity contribution in [2.45, 2.75) is 6.61 Å². The smallest absolute Gasteiger partial charge is 0.214 e. The molecule has 0 fully saturated rings. The van der Waals surface area contributed by atoms with E-state index in [2.05, 4.69) is 10.1 Å². The highest BCUT2D eigenvalue weighted by Gasteiger charge is 2.06. The first-order chi connectivity index (χ1) is 8.31. The molecule has 0 radical (unpaired) electrons. The second-order valence-electron chi connectivity index (χ2n) is 3.49. The van der Waals surface area contributed by atoms with Crippen LogP contribution in [0.5, 0.6) is 5.75 Å². The Hall–Kier alpha value is -2.08. The minimum absolute atomic E-state index is 0.442. The minimum Gasteiger partial charge on any atom is -0.486 e. The maximum atomic E-state index is 5.60. The number of benzene rings is 1. The van der Waals surface area contributed by atoms with E-state index in [9.17, 15) is 0 Å². The molecule has 0 aliphatic carbocycles. The first-order valence-corrected chi connectivity index (χ1v) is 5.91. The summed E-state index contributed by atoms with van der Waals surface area (Å²) in [5.41, 5.74) is 5.55. The number of hydrogen-bond donors (Lipinski definition) is 1. The molecule has 0 saturated heterocycles. The highest BCUT2D eigenvalue weighted by Crippen LogP contribution is 2.17. The summed E-state index contributed by atoms with van der Waals surface area (Å²) in [6.45, 7) is 0.442. The standard InChI is InChI=1S/C11H10N4OS/c12-9-6-15-11(13-9)17-10(14-15)7-16-8-4-2-1-3-5-8/h1-6H,7,12H2. The minimum atomic E-state index is 0.442. The molecule has 0 saturated carbocycles. The number of nitrogens with two attached hydrogens (primary N) is 1. The van der Waals surface area contributed by atoms with Crippen LogP contribution < -0.4 is 10.5 Å². The fraction of sp³-hybridized carbons (Fsp3) is 0.0909. The molecular formula is C11H10N4OS.